The minimum atomic E-state index is -1.95. The van der Waals surface area contributed by atoms with E-state index in [1.165, 1.54) is 84.9 Å². The van der Waals surface area contributed by atoms with E-state index in [2.05, 4.69) is 0 Å². The van der Waals surface area contributed by atoms with E-state index in [0.717, 1.165) is 24.3 Å². The fraction of sp³-hybridized carbons (Fsp3) is 0.154. The lowest BCUT2D eigenvalue weighted by Gasteiger charge is -2.42. The van der Waals surface area contributed by atoms with Crippen LogP contribution >= 0.6 is 0 Å². The summed E-state index contributed by atoms with van der Waals surface area (Å²) in [5.74, 6) is -4.20. The maximum absolute atomic E-state index is 14.0. The standard InChI is InChI=1S/C39H32O15/c40-19-29-36(52-30(46)15-5-20-1-9-23(41)10-2-20)34(49)38(53-31(47)16-6-21-3-11-24(42)12-4-21)39(51-29)54-37-33(48)32-27(45)17-26(44)18-28(32)50-35(37)22-7-13-25(43)14-8-22/h1-18,29,34,36,38-45,49H,19H2. The van der Waals surface area contributed by atoms with E-state index in [1.807, 2.05) is 0 Å². The van der Waals surface area contributed by atoms with Crippen molar-refractivity contribution in [2.45, 2.75) is 30.7 Å². The highest BCUT2D eigenvalue weighted by atomic mass is 16.7. The molecule has 6 rings (SSSR count). The quantitative estimate of drug-likeness (QED) is 0.0798. The summed E-state index contributed by atoms with van der Waals surface area (Å²) < 4.78 is 28.9. The Morgan fingerprint density at radius 3 is 1.76 bits per heavy atom. The van der Waals surface area contributed by atoms with E-state index in [0.29, 0.717) is 11.1 Å². The molecule has 2 heterocycles. The number of fused-ring (bicyclic) bond motifs is 1. The van der Waals surface area contributed by atoms with Crippen LogP contribution in [0.15, 0.2) is 106 Å². The molecule has 1 saturated heterocycles. The van der Waals surface area contributed by atoms with Crippen molar-refractivity contribution in [2.24, 2.45) is 0 Å². The lowest BCUT2D eigenvalue weighted by Crippen LogP contribution is -2.62. The Morgan fingerprint density at radius 2 is 1.22 bits per heavy atom. The Morgan fingerprint density at radius 1 is 0.704 bits per heavy atom. The third kappa shape index (κ3) is 8.29. The smallest absolute Gasteiger partial charge is 0.331 e. The lowest BCUT2D eigenvalue weighted by atomic mass is 9.98. The number of hydrogen-bond donors (Lipinski definition) is 7. The SMILES string of the molecule is O=C(C=Cc1ccc(O)cc1)OC1C(CO)OC(Oc2c(-c3ccc(O)cc3)oc3cc(O)cc(O)c3c2=O)C(OC(=O)C=Cc2ccc(O)cc2)C1O. The maximum atomic E-state index is 14.0. The summed E-state index contributed by atoms with van der Waals surface area (Å²) in [6.07, 6.45) is -4.18. The van der Waals surface area contributed by atoms with Crippen LogP contribution in [0, 0.1) is 0 Å². The molecule has 0 bridgehead atoms. The van der Waals surface area contributed by atoms with Gasteiger partial charge in [-0.2, -0.15) is 0 Å². The fourth-order valence-electron chi connectivity index (χ4n) is 5.55. The first-order valence-electron chi connectivity index (χ1n) is 16.2. The number of benzene rings is 4. The van der Waals surface area contributed by atoms with Crippen LogP contribution < -0.4 is 10.2 Å². The second-order valence-electron chi connectivity index (χ2n) is 12.0. The molecule has 15 heteroatoms. The maximum Gasteiger partial charge on any atom is 0.331 e. The van der Waals surface area contributed by atoms with Crippen molar-refractivity contribution >= 4 is 35.1 Å². The van der Waals surface area contributed by atoms with Gasteiger partial charge in [0.05, 0.1) is 6.61 Å². The van der Waals surface area contributed by atoms with Gasteiger partial charge >= 0.3 is 11.9 Å². The van der Waals surface area contributed by atoms with E-state index in [9.17, 15) is 50.1 Å². The van der Waals surface area contributed by atoms with E-state index in [4.69, 9.17) is 23.4 Å². The minimum absolute atomic E-state index is 0.00556. The number of rotatable bonds is 10. The van der Waals surface area contributed by atoms with Crippen LogP contribution in [0.5, 0.6) is 34.5 Å². The Balaban J connectivity index is 1.37. The zero-order chi connectivity index (χ0) is 38.5. The van der Waals surface area contributed by atoms with Gasteiger partial charge in [0.15, 0.2) is 18.0 Å². The average Bonchev–Trinajstić information content (AvgIpc) is 3.14. The van der Waals surface area contributed by atoms with Crippen molar-refractivity contribution < 1.29 is 68.7 Å². The largest absolute Gasteiger partial charge is 0.508 e. The van der Waals surface area contributed by atoms with Crippen LogP contribution in [0.4, 0.5) is 0 Å². The second kappa shape index (κ2) is 15.8. The van der Waals surface area contributed by atoms with Crippen LogP contribution in [0.25, 0.3) is 34.4 Å². The first-order valence-corrected chi connectivity index (χ1v) is 16.2. The number of aromatic hydroxyl groups is 5. The third-order valence-corrected chi connectivity index (χ3v) is 8.19. The van der Waals surface area contributed by atoms with Crippen LogP contribution in [0.1, 0.15) is 11.1 Å². The van der Waals surface area contributed by atoms with Crippen molar-refractivity contribution in [1.82, 2.24) is 0 Å². The number of carbonyl (C=O) groups excluding carboxylic acids is 2. The van der Waals surface area contributed by atoms with Crippen LogP contribution in [-0.2, 0) is 23.8 Å². The van der Waals surface area contributed by atoms with Gasteiger partial charge in [0.2, 0.25) is 17.5 Å². The number of aliphatic hydroxyl groups is 2. The Kier molecular flexibility index (Phi) is 10.8. The lowest BCUT2D eigenvalue weighted by molar-refractivity contribution is -0.284. The van der Waals surface area contributed by atoms with Crippen LogP contribution in [0.2, 0.25) is 0 Å². The molecule has 0 aliphatic carbocycles. The van der Waals surface area contributed by atoms with Crippen molar-refractivity contribution in [3.05, 3.63) is 118 Å². The highest BCUT2D eigenvalue weighted by molar-refractivity contribution is 5.89. The summed E-state index contributed by atoms with van der Waals surface area (Å²) >= 11 is 0. The first-order chi connectivity index (χ1) is 25.9. The molecule has 0 spiro atoms. The summed E-state index contributed by atoms with van der Waals surface area (Å²) in [7, 11) is 0. The molecule has 5 unspecified atom stereocenters. The van der Waals surface area contributed by atoms with Gasteiger partial charge in [-0.05, 0) is 71.8 Å². The molecule has 1 aliphatic rings. The highest BCUT2D eigenvalue weighted by Gasteiger charge is 2.51. The number of ether oxygens (including phenoxy) is 4. The van der Waals surface area contributed by atoms with Crippen molar-refractivity contribution in [1.29, 1.82) is 0 Å². The summed E-state index contributed by atoms with van der Waals surface area (Å²) in [6.45, 7) is -0.866. The van der Waals surface area contributed by atoms with Crippen LogP contribution in [0.3, 0.4) is 0 Å². The molecule has 0 radical (unpaired) electrons. The molecule has 5 atom stereocenters. The van der Waals surface area contributed by atoms with Crippen molar-refractivity contribution in [3.63, 3.8) is 0 Å². The number of esters is 2. The summed E-state index contributed by atoms with van der Waals surface area (Å²) in [5, 5.41) is 71.1. The Labute approximate surface area is 305 Å². The molecule has 5 aromatic rings. The molecule has 4 aromatic carbocycles. The zero-order valence-corrected chi connectivity index (χ0v) is 27.9. The summed E-state index contributed by atoms with van der Waals surface area (Å²) in [5.41, 5.74) is -0.0633. The minimum Gasteiger partial charge on any atom is -0.508 e. The van der Waals surface area contributed by atoms with E-state index in [-0.39, 0.29) is 34.2 Å². The van der Waals surface area contributed by atoms with Crippen molar-refractivity contribution in [2.75, 3.05) is 6.61 Å². The van der Waals surface area contributed by atoms with Gasteiger partial charge in [-0.25, -0.2) is 9.59 Å². The molecule has 1 fully saturated rings. The summed E-state index contributed by atoms with van der Waals surface area (Å²) in [6, 6.07) is 18.9. The first kappa shape index (κ1) is 37.0. The van der Waals surface area contributed by atoms with E-state index in [1.54, 1.807) is 0 Å². The second-order valence-corrected chi connectivity index (χ2v) is 12.0. The third-order valence-electron chi connectivity index (χ3n) is 8.19. The monoisotopic (exact) mass is 740 g/mol. The zero-order valence-electron chi connectivity index (χ0n) is 27.9. The van der Waals surface area contributed by atoms with Gasteiger partial charge in [0.1, 0.15) is 51.9 Å². The predicted octanol–water partition coefficient (Wildman–Crippen LogP) is 3.70. The molecule has 54 heavy (non-hydrogen) atoms. The highest BCUT2D eigenvalue weighted by Crippen LogP contribution is 2.38. The average molecular weight is 741 g/mol. The molecule has 1 aliphatic heterocycles. The molecular formula is C39H32O15. The van der Waals surface area contributed by atoms with E-state index < -0.39 is 77.3 Å². The van der Waals surface area contributed by atoms with E-state index >= 15 is 0 Å². The number of aliphatic hydroxyl groups excluding tert-OH is 2. The molecule has 7 N–H and O–H groups in total. The number of carbonyl (C=O) groups is 2. The Bertz CT molecular complexity index is 2260. The van der Waals surface area contributed by atoms with Crippen LogP contribution in [-0.4, -0.2) is 85.0 Å². The molecule has 278 valence electrons. The predicted molar refractivity (Wildman–Crippen MR) is 189 cm³/mol. The number of phenols is 5. The van der Waals surface area contributed by atoms with Gasteiger partial charge in [-0.1, -0.05) is 24.3 Å². The Hall–Kier alpha value is -6.81. The van der Waals surface area contributed by atoms with Gasteiger partial charge in [0, 0.05) is 29.8 Å². The molecule has 15 nitrogen and oxygen atoms in total. The van der Waals surface area contributed by atoms with Gasteiger partial charge in [0.25, 0.3) is 0 Å². The fourth-order valence-corrected chi connectivity index (χ4v) is 5.55. The number of hydrogen-bond acceptors (Lipinski definition) is 15. The normalized spacial score (nSPS) is 19.9. The van der Waals surface area contributed by atoms with Gasteiger partial charge in [-0.3, -0.25) is 4.79 Å². The molecule has 0 saturated carbocycles. The molecule has 0 amide bonds. The van der Waals surface area contributed by atoms with Gasteiger partial charge in [-0.15, -0.1) is 0 Å². The summed E-state index contributed by atoms with van der Waals surface area (Å²) in [4.78, 5) is 40.1. The van der Waals surface area contributed by atoms with Crippen molar-refractivity contribution in [3.8, 4) is 45.8 Å². The van der Waals surface area contributed by atoms with Gasteiger partial charge < -0.3 is 59.1 Å². The molecular weight excluding hydrogens is 708 g/mol. The topological polar surface area (TPSA) is 243 Å². The number of phenolic OH excluding ortho intramolecular Hbond substituents is 5. The molecule has 1 aromatic heterocycles.